The summed E-state index contributed by atoms with van der Waals surface area (Å²) in [5.74, 6) is -0.817. The molecule has 1 saturated heterocycles. The SMILES string of the molecule is CC1(C)C(=O)N(c2ccc(C#N)c(C(F)(F)F)c2)C(=O)N1c1ccc(Cl)c(NC(=O)O)c1. The van der Waals surface area contributed by atoms with E-state index in [2.05, 4.69) is 5.32 Å². The van der Waals surface area contributed by atoms with Crippen LogP contribution in [0.1, 0.15) is 25.0 Å². The zero-order valence-corrected chi connectivity index (χ0v) is 17.2. The first kappa shape index (κ1) is 22.9. The lowest BCUT2D eigenvalue weighted by atomic mass is 10.0. The van der Waals surface area contributed by atoms with Gasteiger partial charge >= 0.3 is 18.3 Å². The number of rotatable bonds is 3. The van der Waals surface area contributed by atoms with Crippen LogP contribution in [-0.4, -0.2) is 28.7 Å². The zero-order valence-electron chi connectivity index (χ0n) is 16.5. The van der Waals surface area contributed by atoms with Gasteiger partial charge in [-0.3, -0.25) is 15.0 Å². The molecule has 2 N–H and O–H groups in total. The number of carbonyl (C=O) groups is 3. The Morgan fingerprint density at radius 2 is 1.78 bits per heavy atom. The number of nitrogens with one attached hydrogen (secondary N) is 1. The van der Waals surface area contributed by atoms with Gasteiger partial charge in [0.05, 0.1) is 33.6 Å². The molecule has 3 rings (SSSR count). The zero-order chi connectivity index (χ0) is 24.0. The molecule has 0 spiro atoms. The van der Waals surface area contributed by atoms with E-state index in [1.54, 1.807) is 0 Å². The molecule has 0 unspecified atom stereocenters. The lowest BCUT2D eigenvalue weighted by Crippen LogP contribution is -2.44. The number of carbonyl (C=O) groups excluding carboxylic acids is 2. The molecule has 1 heterocycles. The molecule has 2 aromatic carbocycles. The Balaban J connectivity index is 2.11. The second-order valence-corrected chi connectivity index (χ2v) is 7.66. The predicted octanol–water partition coefficient (Wildman–Crippen LogP) is 5.07. The minimum Gasteiger partial charge on any atom is -0.465 e. The summed E-state index contributed by atoms with van der Waals surface area (Å²) in [6.45, 7) is 2.78. The summed E-state index contributed by atoms with van der Waals surface area (Å²) < 4.78 is 40.1. The molecule has 8 nitrogen and oxygen atoms in total. The highest BCUT2D eigenvalue weighted by Crippen LogP contribution is 2.40. The number of alkyl halides is 3. The van der Waals surface area contributed by atoms with Crippen LogP contribution >= 0.6 is 11.6 Å². The number of anilines is 3. The van der Waals surface area contributed by atoms with Crippen molar-refractivity contribution in [2.45, 2.75) is 25.6 Å². The van der Waals surface area contributed by atoms with Crippen molar-refractivity contribution in [3.63, 3.8) is 0 Å². The molecule has 4 amide bonds. The van der Waals surface area contributed by atoms with Crippen LogP contribution in [0.3, 0.4) is 0 Å². The Morgan fingerprint density at radius 1 is 1.16 bits per heavy atom. The quantitative estimate of drug-likeness (QED) is 0.613. The fourth-order valence-electron chi connectivity index (χ4n) is 3.32. The molecule has 0 aliphatic carbocycles. The first-order valence-corrected chi connectivity index (χ1v) is 9.26. The summed E-state index contributed by atoms with van der Waals surface area (Å²) in [4.78, 5) is 38.8. The summed E-state index contributed by atoms with van der Waals surface area (Å²) >= 11 is 5.96. The van der Waals surface area contributed by atoms with Gasteiger partial charge < -0.3 is 5.11 Å². The van der Waals surface area contributed by atoms with E-state index in [1.165, 1.54) is 38.1 Å². The number of hydrogen-bond acceptors (Lipinski definition) is 4. The number of imide groups is 1. The van der Waals surface area contributed by atoms with Gasteiger partial charge in [-0.15, -0.1) is 0 Å². The van der Waals surface area contributed by atoms with Gasteiger partial charge in [-0.05, 0) is 50.2 Å². The molecular weight excluding hydrogens is 453 g/mol. The van der Waals surface area contributed by atoms with Crippen molar-refractivity contribution in [3.05, 3.63) is 52.5 Å². The fourth-order valence-corrected chi connectivity index (χ4v) is 3.49. The van der Waals surface area contributed by atoms with Gasteiger partial charge in [0.2, 0.25) is 0 Å². The van der Waals surface area contributed by atoms with Gasteiger partial charge in [0.1, 0.15) is 5.54 Å². The van der Waals surface area contributed by atoms with E-state index in [1.807, 2.05) is 0 Å². The van der Waals surface area contributed by atoms with Crippen LogP contribution in [0.4, 0.5) is 39.8 Å². The number of carboxylic acid groups (broad SMARTS) is 1. The molecule has 32 heavy (non-hydrogen) atoms. The van der Waals surface area contributed by atoms with Crippen molar-refractivity contribution in [2.24, 2.45) is 0 Å². The van der Waals surface area contributed by atoms with E-state index >= 15 is 0 Å². The van der Waals surface area contributed by atoms with Crippen LogP contribution in [0, 0.1) is 11.3 Å². The van der Waals surface area contributed by atoms with Crippen LogP contribution < -0.4 is 15.1 Å². The Bertz CT molecular complexity index is 1190. The van der Waals surface area contributed by atoms with Gasteiger partial charge in [-0.1, -0.05) is 11.6 Å². The second kappa shape index (κ2) is 7.72. The van der Waals surface area contributed by atoms with Crippen LogP contribution in [0.2, 0.25) is 5.02 Å². The number of nitrogens with zero attached hydrogens (tertiary/aromatic N) is 3. The number of urea groups is 1. The van der Waals surface area contributed by atoms with Gasteiger partial charge in [-0.2, -0.15) is 18.4 Å². The maximum atomic E-state index is 13.4. The summed E-state index contributed by atoms with van der Waals surface area (Å²) in [6, 6.07) is 6.90. The fraction of sp³-hybridized carbons (Fsp3) is 0.200. The van der Waals surface area contributed by atoms with Crippen molar-refractivity contribution < 1.29 is 32.7 Å². The first-order chi connectivity index (χ1) is 14.8. The Labute approximate surface area is 184 Å². The third-order valence-electron chi connectivity index (χ3n) is 4.81. The monoisotopic (exact) mass is 466 g/mol. The maximum absolute atomic E-state index is 13.4. The van der Waals surface area contributed by atoms with Crippen molar-refractivity contribution >= 4 is 46.7 Å². The topological polar surface area (TPSA) is 114 Å². The van der Waals surface area contributed by atoms with E-state index in [0.717, 1.165) is 17.0 Å². The third kappa shape index (κ3) is 3.80. The maximum Gasteiger partial charge on any atom is 0.417 e. The van der Waals surface area contributed by atoms with Crippen LogP contribution in [0.5, 0.6) is 0 Å². The van der Waals surface area contributed by atoms with E-state index < -0.39 is 40.9 Å². The van der Waals surface area contributed by atoms with E-state index in [0.29, 0.717) is 11.0 Å². The minimum atomic E-state index is -4.88. The first-order valence-electron chi connectivity index (χ1n) is 8.88. The van der Waals surface area contributed by atoms with E-state index in [-0.39, 0.29) is 22.1 Å². The average Bonchev–Trinajstić information content (AvgIpc) is 2.86. The van der Waals surface area contributed by atoms with Crippen molar-refractivity contribution in [1.29, 1.82) is 5.26 Å². The number of nitriles is 1. The summed E-state index contributed by atoms with van der Waals surface area (Å²) in [7, 11) is 0. The molecule has 0 atom stereocenters. The average molecular weight is 467 g/mol. The van der Waals surface area contributed by atoms with Crippen molar-refractivity contribution in [3.8, 4) is 6.07 Å². The largest absolute Gasteiger partial charge is 0.465 e. The highest BCUT2D eigenvalue weighted by Gasteiger charge is 2.53. The lowest BCUT2D eigenvalue weighted by molar-refractivity contribution is -0.137. The molecule has 0 bridgehead atoms. The molecule has 1 fully saturated rings. The predicted molar refractivity (Wildman–Crippen MR) is 109 cm³/mol. The van der Waals surface area contributed by atoms with Crippen molar-refractivity contribution in [2.75, 3.05) is 15.1 Å². The lowest BCUT2D eigenvalue weighted by Gasteiger charge is -2.28. The van der Waals surface area contributed by atoms with Crippen molar-refractivity contribution in [1.82, 2.24) is 0 Å². The Hall–Kier alpha value is -3.78. The smallest absolute Gasteiger partial charge is 0.417 e. The Kier molecular flexibility index (Phi) is 5.53. The third-order valence-corrected chi connectivity index (χ3v) is 5.13. The molecule has 1 aliphatic heterocycles. The normalized spacial score (nSPS) is 15.7. The molecular formula is C20H14ClF3N4O4. The van der Waals surface area contributed by atoms with Gasteiger partial charge in [-0.25, -0.2) is 14.5 Å². The minimum absolute atomic E-state index is 0.0331. The van der Waals surface area contributed by atoms with E-state index in [4.69, 9.17) is 22.0 Å². The standard InChI is InChI=1S/C20H14ClF3N4O4/c1-19(2)16(29)27(11-4-3-10(9-25)13(7-11)20(22,23)24)18(32)28(19)12-5-6-14(21)15(8-12)26-17(30)31/h3-8,26H,1-2H3,(H,30,31). The van der Waals surface area contributed by atoms with Crippen LogP contribution in [0.15, 0.2) is 36.4 Å². The number of amides is 4. The number of hydrogen-bond donors (Lipinski definition) is 2. The van der Waals surface area contributed by atoms with Crippen LogP contribution in [0.25, 0.3) is 0 Å². The number of benzene rings is 2. The summed E-state index contributed by atoms with van der Waals surface area (Å²) in [5.41, 5.74) is -3.79. The molecule has 2 aromatic rings. The highest BCUT2D eigenvalue weighted by atomic mass is 35.5. The summed E-state index contributed by atoms with van der Waals surface area (Å²) in [5, 5.41) is 20.0. The molecule has 0 aromatic heterocycles. The molecule has 12 heteroatoms. The van der Waals surface area contributed by atoms with Gasteiger partial charge in [0.25, 0.3) is 5.91 Å². The molecule has 166 valence electrons. The second-order valence-electron chi connectivity index (χ2n) is 7.25. The van der Waals surface area contributed by atoms with E-state index in [9.17, 15) is 27.6 Å². The van der Waals surface area contributed by atoms with Crippen LogP contribution in [-0.2, 0) is 11.0 Å². The van der Waals surface area contributed by atoms with Gasteiger partial charge in [0.15, 0.2) is 0 Å². The molecule has 0 radical (unpaired) electrons. The summed E-state index contributed by atoms with van der Waals surface area (Å²) in [6.07, 6.45) is -6.29. The Morgan fingerprint density at radius 3 is 2.34 bits per heavy atom. The highest BCUT2D eigenvalue weighted by molar-refractivity contribution is 6.34. The number of halogens is 4. The molecule has 0 saturated carbocycles. The molecule has 1 aliphatic rings. The van der Waals surface area contributed by atoms with Gasteiger partial charge in [0, 0.05) is 5.69 Å².